The number of hydrogen-bond acceptors (Lipinski definition) is 4. The minimum atomic E-state index is 0. The molecule has 1 unspecified atom stereocenters. The van der Waals surface area contributed by atoms with Crippen molar-refractivity contribution in [1.29, 1.82) is 0 Å². The van der Waals surface area contributed by atoms with Gasteiger partial charge in [0, 0.05) is 58.8 Å². The Bertz CT molecular complexity index is 402. The number of likely N-dealkylation sites (tertiary alicyclic amines) is 1. The molecule has 8 heteroatoms. The smallest absolute Gasteiger partial charge is 0.221 e. The Morgan fingerprint density at radius 3 is 2.62 bits per heavy atom. The summed E-state index contributed by atoms with van der Waals surface area (Å²) in [7, 11) is 1.81. The van der Waals surface area contributed by atoms with Crippen LogP contribution in [0.2, 0.25) is 0 Å². The van der Waals surface area contributed by atoms with Crippen LogP contribution in [0.5, 0.6) is 0 Å². The van der Waals surface area contributed by atoms with Gasteiger partial charge >= 0.3 is 0 Å². The van der Waals surface area contributed by atoms with Gasteiger partial charge in [0.2, 0.25) is 5.91 Å². The number of morpholine rings is 1. The van der Waals surface area contributed by atoms with E-state index in [9.17, 15) is 4.79 Å². The zero-order valence-electron chi connectivity index (χ0n) is 14.9. The van der Waals surface area contributed by atoms with E-state index in [-0.39, 0.29) is 29.9 Å². The molecule has 2 aliphatic rings. The van der Waals surface area contributed by atoms with Crippen LogP contribution in [-0.4, -0.2) is 87.2 Å². The largest absolute Gasteiger partial charge is 0.379 e. The first kappa shape index (κ1) is 21.4. The highest BCUT2D eigenvalue weighted by atomic mass is 127. The van der Waals surface area contributed by atoms with Gasteiger partial charge in [-0.1, -0.05) is 6.92 Å². The summed E-state index contributed by atoms with van der Waals surface area (Å²) < 4.78 is 5.43. The average Bonchev–Trinajstić information content (AvgIpc) is 3.07. The second-order valence-corrected chi connectivity index (χ2v) is 6.11. The highest BCUT2D eigenvalue weighted by Gasteiger charge is 2.30. The minimum Gasteiger partial charge on any atom is -0.379 e. The van der Waals surface area contributed by atoms with E-state index < -0.39 is 0 Å². The Balaban J connectivity index is 0.00000288. The number of aliphatic imine (C=N–C) groups is 1. The van der Waals surface area contributed by atoms with Gasteiger partial charge in [0.25, 0.3) is 0 Å². The third kappa shape index (κ3) is 6.72. The first-order valence-electron chi connectivity index (χ1n) is 8.78. The third-order valence-electron chi connectivity index (χ3n) is 4.44. The van der Waals surface area contributed by atoms with Gasteiger partial charge in [-0.2, -0.15) is 0 Å². The number of rotatable bonds is 6. The molecule has 0 aromatic rings. The van der Waals surface area contributed by atoms with Crippen LogP contribution in [0.1, 0.15) is 26.2 Å². The molecule has 2 rings (SSSR count). The predicted octanol–water partition coefficient (Wildman–Crippen LogP) is 0.503. The van der Waals surface area contributed by atoms with E-state index in [1.54, 1.807) is 0 Å². The van der Waals surface area contributed by atoms with E-state index in [0.29, 0.717) is 19.0 Å². The van der Waals surface area contributed by atoms with Gasteiger partial charge in [-0.3, -0.25) is 14.7 Å². The summed E-state index contributed by atoms with van der Waals surface area (Å²) in [6, 6.07) is 0.588. The fourth-order valence-electron chi connectivity index (χ4n) is 3.15. The third-order valence-corrected chi connectivity index (χ3v) is 4.44. The molecule has 140 valence electrons. The number of ether oxygens (including phenoxy) is 1. The van der Waals surface area contributed by atoms with Crippen LogP contribution in [0.3, 0.4) is 0 Å². The lowest BCUT2D eigenvalue weighted by Gasteiger charge is -2.32. The molecule has 0 radical (unpaired) electrons. The Morgan fingerprint density at radius 2 is 1.96 bits per heavy atom. The number of nitrogens with zero attached hydrogens (tertiary/aromatic N) is 3. The normalized spacial score (nSPS) is 22.2. The van der Waals surface area contributed by atoms with Crippen LogP contribution >= 0.6 is 24.0 Å². The highest BCUT2D eigenvalue weighted by molar-refractivity contribution is 14.0. The summed E-state index contributed by atoms with van der Waals surface area (Å²) in [5, 5.41) is 6.21. The van der Waals surface area contributed by atoms with Crippen molar-refractivity contribution >= 4 is 35.8 Å². The summed E-state index contributed by atoms with van der Waals surface area (Å²) in [5.41, 5.74) is 0. The first-order chi connectivity index (χ1) is 11.2. The van der Waals surface area contributed by atoms with Crippen molar-refractivity contribution in [3.05, 3.63) is 0 Å². The molecule has 2 N–H and O–H groups in total. The van der Waals surface area contributed by atoms with Gasteiger partial charge in [0.1, 0.15) is 0 Å². The van der Waals surface area contributed by atoms with Crippen molar-refractivity contribution in [2.24, 2.45) is 4.99 Å². The molecule has 0 saturated carbocycles. The fourth-order valence-corrected chi connectivity index (χ4v) is 3.15. The topological polar surface area (TPSA) is 69.2 Å². The second-order valence-electron chi connectivity index (χ2n) is 6.11. The van der Waals surface area contributed by atoms with Gasteiger partial charge in [-0.25, -0.2) is 0 Å². The lowest BCUT2D eigenvalue weighted by Crippen LogP contribution is -2.47. The van der Waals surface area contributed by atoms with Crippen LogP contribution in [0.4, 0.5) is 0 Å². The molecule has 2 fully saturated rings. The van der Waals surface area contributed by atoms with Gasteiger partial charge < -0.3 is 20.3 Å². The summed E-state index contributed by atoms with van der Waals surface area (Å²) >= 11 is 0. The quantitative estimate of drug-likeness (QED) is 0.349. The van der Waals surface area contributed by atoms with Gasteiger partial charge in [0.15, 0.2) is 5.96 Å². The SMILES string of the molecule is CCCNC(=O)CCNC(=NC)N1CCC(N2CCOCC2)C1.I. The number of amides is 1. The summed E-state index contributed by atoms with van der Waals surface area (Å²) in [5.74, 6) is 1.01. The van der Waals surface area contributed by atoms with Gasteiger partial charge in [-0.15, -0.1) is 24.0 Å². The van der Waals surface area contributed by atoms with E-state index in [2.05, 4.69) is 32.3 Å². The lowest BCUT2D eigenvalue weighted by atomic mass is 10.2. The average molecular weight is 453 g/mol. The number of halogens is 1. The molecule has 0 aromatic heterocycles. The molecule has 1 amide bonds. The van der Waals surface area contributed by atoms with Crippen molar-refractivity contribution in [2.75, 3.05) is 59.5 Å². The van der Waals surface area contributed by atoms with Crippen LogP contribution in [0.15, 0.2) is 4.99 Å². The van der Waals surface area contributed by atoms with E-state index in [1.165, 1.54) is 0 Å². The van der Waals surface area contributed by atoms with Crippen molar-refractivity contribution in [1.82, 2.24) is 20.4 Å². The number of carbonyl (C=O) groups excluding carboxylic acids is 1. The zero-order chi connectivity index (χ0) is 16.5. The molecule has 24 heavy (non-hydrogen) atoms. The first-order valence-corrected chi connectivity index (χ1v) is 8.78. The van der Waals surface area contributed by atoms with Gasteiger partial charge in [-0.05, 0) is 12.8 Å². The molecular weight excluding hydrogens is 421 g/mol. The number of nitrogens with one attached hydrogen (secondary N) is 2. The molecule has 7 nitrogen and oxygen atoms in total. The van der Waals surface area contributed by atoms with Crippen LogP contribution in [-0.2, 0) is 9.53 Å². The maximum absolute atomic E-state index is 11.6. The standard InChI is InChI=1S/C16H31N5O2.HI/c1-3-6-18-15(22)4-7-19-16(17-2)21-8-5-14(13-21)20-9-11-23-12-10-20;/h14H,3-13H2,1-2H3,(H,17,19)(H,18,22);1H. The Kier molecular flexibility index (Phi) is 10.6. The number of carbonyl (C=O) groups is 1. The second kappa shape index (κ2) is 11.9. The fraction of sp³-hybridized carbons (Fsp3) is 0.875. The molecule has 0 aromatic carbocycles. The molecule has 0 spiro atoms. The molecular formula is C16H32IN5O2. The summed E-state index contributed by atoms with van der Waals surface area (Å²) in [6.07, 6.45) is 2.62. The Morgan fingerprint density at radius 1 is 1.21 bits per heavy atom. The van der Waals surface area contributed by atoms with Crippen LogP contribution in [0, 0.1) is 0 Å². The molecule has 0 aliphatic carbocycles. The molecule has 2 saturated heterocycles. The van der Waals surface area contributed by atoms with E-state index >= 15 is 0 Å². The van der Waals surface area contributed by atoms with Crippen LogP contribution in [0.25, 0.3) is 0 Å². The molecule has 2 heterocycles. The lowest BCUT2D eigenvalue weighted by molar-refractivity contribution is -0.120. The maximum Gasteiger partial charge on any atom is 0.221 e. The van der Waals surface area contributed by atoms with E-state index in [4.69, 9.17) is 4.74 Å². The van der Waals surface area contributed by atoms with Crippen LogP contribution < -0.4 is 10.6 Å². The number of hydrogen-bond donors (Lipinski definition) is 2. The number of guanidine groups is 1. The van der Waals surface area contributed by atoms with E-state index in [1.807, 2.05) is 7.05 Å². The van der Waals surface area contributed by atoms with Crippen molar-refractivity contribution < 1.29 is 9.53 Å². The van der Waals surface area contributed by atoms with E-state index in [0.717, 1.165) is 64.7 Å². The molecule has 2 aliphatic heterocycles. The van der Waals surface area contributed by atoms with Crippen molar-refractivity contribution in [2.45, 2.75) is 32.2 Å². The molecule has 1 atom stereocenters. The zero-order valence-corrected chi connectivity index (χ0v) is 17.3. The highest BCUT2D eigenvalue weighted by Crippen LogP contribution is 2.16. The molecule has 0 bridgehead atoms. The summed E-state index contributed by atoms with van der Waals surface area (Å²) in [6.45, 7) is 9.20. The van der Waals surface area contributed by atoms with Gasteiger partial charge in [0.05, 0.1) is 13.2 Å². The predicted molar refractivity (Wildman–Crippen MR) is 107 cm³/mol. The maximum atomic E-state index is 11.6. The Hall–Kier alpha value is -0.610. The monoisotopic (exact) mass is 453 g/mol. The minimum absolute atomic E-state index is 0. The summed E-state index contributed by atoms with van der Waals surface area (Å²) in [4.78, 5) is 20.8. The van der Waals surface area contributed by atoms with Crippen molar-refractivity contribution in [3.8, 4) is 0 Å². The Labute approximate surface area is 162 Å². The van der Waals surface area contributed by atoms with Crippen molar-refractivity contribution in [3.63, 3.8) is 0 Å².